The summed E-state index contributed by atoms with van der Waals surface area (Å²) >= 11 is 1.93. The van der Waals surface area contributed by atoms with Crippen LogP contribution in [0.3, 0.4) is 0 Å². The lowest BCUT2D eigenvalue weighted by Gasteiger charge is -2.23. The molecule has 2 rings (SSSR count). The van der Waals surface area contributed by atoms with Crippen molar-refractivity contribution in [1.29, 1.82) is 0 Å². The highest BCUT2D eigenvalue weighted by molar-refractivity contribution is 7.10. The minimum Gasteiger partial charge on any atom is -0.310 e. The molecule has 0 fully saturated rings. The van der Waals surface area contributed by atoms with Crippen LogP contribution in [0.4, 0.5) is 0 Å². The largest absolute Gasteiger partial charge is 0.310 e. The first-order chi connectivity index (χ1) is 6.92. The Labute approximate surface area is 90.5 Å². The first kappa shape index (κ1) is 10.2. The van der Waals surface area contributed by atoms with Crippen molar-refractivity contribution in [1.82, 2.24) is 5.32 Å². The van der Waals surface area contributed by atoms with Crippen LogP contribution >= 0.6 is 11.3 Å². The number of hydrogen-bond donors (Lipinski definition) is 1. The van der Waals surface area contributed by atoms with Crippen LogP contribution in [0.15, 0.2) is 11.4 Å². The second-order valence-corrected chi connectivity index (χ2v) is 5.05. The Kier molecular flexibility index (Phi) is 3.60. The Hall–Kier alpha value is -0.340. The number of aryl methyl sites for hydroxylation is 1. The number of thiophene rings is 1. The van der Waals surface area contributed by atoms with E-state index in [0.717, 1.165) is 0 Å². The normalized spacial score (nSPS) is 20.8. The van der Waals surface area contributed by atoms with E-state index >= 15 is 0 Å². The Morgan fingerprint density at radius 1 is 1.57 bits per heavy atom. The van der Waals surface area contributed by atoms with Crippen molar-refractivity contribution >= 4 is 11.3 Å². The van der Waals surface area contributed by atoms with Gasteiger partial charge in [0.25, 0.3) is 0 Å². The predicted molar refractivity (Wildman–Crippen MR) is 62.9 cm³/mol. The van der Waals surface area contributed by atoms with E-state index in [2.05, 4.69) is 23.7 Å². The third-order valence-corrected chi connectivity index (χ3v) is 3.97. The molecular weight excluding hydrogens is 190 g/mol. The molecule has 0 bridgehead atoms. The highest BCUT2D eigenvalue weighted by atomic mass is 32.1. The molecule has 0 saturated carbocycles. The third-order valence-electron chi connectivity index (χ3n) is 2.97. The summed E-state index contributed by atoms with van der Waals surface area (Å²) in [6, 6.07) is 2.96. The molecule has 1 aliphatic rings. The Morgan fingerprint density at radius 2 is 2.50 bits per heavy atom. The van der Waals surface area contributed by atoms with Crippen molar-refractivity contribution in [3.8, 4) is 0 Å². The Morgan fingerprint density at radius 3 is 3.36 bits per heavy atom. The SMILES string of the molecule is CCCCNC1CCCc2sccc21. The van der Waals surface area contributed by atoms with Crippen LogP contribution in [-0.2, 0) is 6.42 Å². The van der Waals surface area contributed by atoms with Gasteiger partial charge in [0.2, 0.25) is 0 Å². The zero-order valence-corrected chi connectivity index (χ0v) is 9.70. The minimum absolute atomic E-state index is 0.650. The smallest absolute Gasteiger partial charge is 0.0331 e. The summed E-state index contributed by atoms with van der Waals surface area (Å²) in [5.41, 5.74) is 1.58. The van der Waals surface area contributed by atoms with E-state index in [1.54, 1.807) is 10.4 Å². The van der Waals surface area contributed by atoms with Gasteiger partial charge in [-0.3, -0.25) is 0 Å². The van der Waals surface area contributed by atoms with Crippen LogP contribution < -0.4 is 5.32 Å². The lowest BCUT2D eigenvalue weighted by atomic mass is 9.94. The van der Waals surface area contributed by atoms with Gasteiger partial charge < -0.3 is 5.32 Å². The maximum Gasteiger partial charge on any atom is 0.0331 e. The van der Waals surface area contributed by atoms with Crippen LogP contribution in [-0.4, -0.2) is 6.54 Å². The fourth-order valence-electron chi connectivity index (χ4n) is 2.15. The molecule has 0 aliphatic heterocycles. The summed E-state index contributed by atoms with van der Waals surface area (Å²) in [4.78, 5) is 1.62. The van der Waals surface area contributed by atoms with Crippen molar-refractivity contribution < 1.29 is 0 Å². The zero-order chi connectivity index (χ0) is 9.80. The van der Waals surface area contributed by atoms with E-state index in [0.29, 0.717) is 6.04 Å². The van der Waals surface area contributed by atoms with Gasteiger partial charge in [0, 0.05) is 10.9 Å². The number of unbranched alkanes of at least 4 members (excludes halogenated alkanes) is 1. The van der Waals surface area contributed by atoms with Crippen molar-refractivity contribution in [3.63, 3.8) is 0 Å². The van der Waals surface area contributed by atoms with E-state index in [4.69, 9.17) is 0 Å². The molecule has 1 nitrogen and oxygen atoms in total. The van der Waals surface area contributed by atoms with Gasteiger partial charge in [-0.05, 0) is 49.2 Å². The van der Waals surface area contributed by atoms with Crippen LogP contribution in [0.2, 0.25) is 0 Å². The Balaban J connectivity index is 1.94. The molecule has 0 radical (unpaired) electrons. The molecular formula is C12H19NS. The molecule has 0 spiro atoms. The van der Waals surface area contributed by atoms with Crippen molar-refractivity contribution in [2.75, 3.05) is 6.54 Å². The summed E-state index contributed by atoms with van der Waals surface area (Å²) in [5, 5.41) is 5.91. The van der Waals surface area contributed by atoms with Crippen LogP contribution in [0.25, 0.3) is 0 Å². The van der Waals surface area contributed by atoms with Gasteiger partial charge in [-0.2, -0.15) is 0 Å². The molecule has 0 aromatic carbocycles. The fraction of sp³-hybridized carbons (Fsp3) is 0.667. The molecule has 14 heavy (non-hydrogen) atoms. The molecule has 78 valence electrons. The molecule has 1 heterocycles. The fourth-order valence-corrected chi connectivity index (χ4v) is 3.14. The number of hydrogen-bond acceptors (Lipinski definition) is 2. The minimum atomic E-state index is 0.650. The standard InChI is InChI=1S/C12H19NS/c1-2-3-8-13-11-5-4-6-12-10(11)7-9-14-12/h7,9,11,13H,2-6,8H2,1H3. The molecule has 1 unspecified atom stereocenters. The first-order valence-electron chi connectivity index (χ1n) is 5.71. The lowest BCUT2D eigenvalue weighted by Crippen LogP contribution is -2.25. The van der Waals surface area contributed by atoms with Crippen molar-refractivity contribution in [2.24, 2.45) is 0 Å². The predicted octanol–water partition coefficient (Wildman–Crippen LogP) is 3.52. The van der Waals surface area contributed by atoms with Crippen LogP contribution in [0, 0.1) is 0 Å². The molecule has 0 amide bonds. The van der Waals surface area contributed by atoms with E-state index < -0.39 is 0 Å². The average Bonchev–Trinajstić information content (AvgIpc) is 2.67. The second-order valence-electron chi connectivity index (χ2n) is 4.05. The molecule has 1 aromatic rings. The summed E-state index contributed by atoms with van der Waals surface area (Å²) < 4.78 is 0. The second kappa shape index (κ2) is 4.94. The highest BCUT2D eigenvalue weighted by Crippen LogP contribution is 2.33. The number of nitrogens with one attached hydrogen (secondary N) is 1. The highest BCUT2D eigenvalue weighted by Gasteiger charge is 2.19. The van der Waals surface area contributed by atoms with Gasteiger partial charge in [-0.25, -0.2) is 0 Å². The molecule has 0 saturated heterocycles. The Bertz CT molecular complexity index is 280. The van der Waals surface area contributed by atoms with Crippen molar-refractivity contribution in [3.05, 3.63) is 21.9 Å². The van der Waals surface area contributed by atoms with E-state index in [-0.39, 0.29) is 0 Å². The molecule has 1 atom stereocenters. The maximum atomic E-state index is 3.67. The molecule has 2 heteroatoms. The monoisotopic (exact) mass is 209 g/mol. The average molecular weight is 209 g/mol. The third kappa shape index (κ3) is 2.18. The first-order valence-corrected chi connectivity index (χ1v) is 6.59. The number of rotatable bonds is 4. The summed E-state index contributed by atoms with van der Waals surface area (Å²) in [6.07, 6.45) is 6.58. The van der Waals surface area contributed by atoms with Crippen LogP contribution in [0.1, 0.15) is 49.1 Å². The molecule has 1 aromatic heterocycles. The van der Waals surface area contributed by atoms with Crippen LogP contribution in [0.5, 0.6) is 0 Å². The van der Waals surface area contributed by atoms with E-state index in [1.807, 2.05) is 11.3 Å². The zero-order valence-electron chi connectivity index (χ0n) is 8.88. The van der Waals surface area contributed by atoms with Gasteiger partial charge in [-0.1, -0.05) is 13.3 Å². The summed E-state index contributed by atoms with van der Waals surface area (Å²) in [6.45, 7) is 3.43. The van der Waals surface area contributed by atoms with E-state index in [9.17, 15) is 0 Å². The van der Waals surface area contributed by atoms with E-state index in [1.165, 1.54) is 38.6 Å². The van der Waals surface area contributed by atoms with Gasteiger partial charge in [0.1, 0.15) is 0 Å². The van der Waals surface area contributed by atoms with Gasteiger partial charge in [0.05, 0.1) is 0 Å². The lowest BCUT2D eigenvalue weighted by molar-refractivity contribution is 0.458. The van der Waals surface area contributed by atoms with Gasteiger partial charge in [0.15, 0.2) is 0 Å². The summed E-state index contributed by atoms with van der Waals surface area (Å²) in [7, 11) is 0. The van der Waals surface area contributed by atoms with Gasteiger partial charge >= 0.3 is 0 Å². The maximum absolute atomic E-state index is 3.67. The van der Waals surface area contributed by atoms with Crippen molar-refractivity contribution in [2.45, 2.75) is 45.1 Å². The quantitative estimate of drug-likeness (QED) is 0.748. The molecule has 1 aliphatic carbocycles. The molecule has 1 N–H and O–H groups in total. The number of fused-ring (bicyclic) bond motifs is 1. The topological polar surface area (TPSA) is 12.0 Å². The summed E-state index contributed by atoms with van der Waals surface area (Å²) in [5.74, 6) is 0. The van der Waals surface area contributed by atoms with Gasteiger partial charge in [-0.15, -0.1) is 11.3 Å².